The van der Waals surface area contributed by atoms with E-state index in [2.05, 4.69) is 69.1 Å². The maximum absolute atomic E-state index is 2.48. The third-order valence-electron chi connectivity index (χ3n) is 3.50. The second kappa shape index (κ2) is 4.65. The highest BCUT2D eigenvalue weighted by Crippen LogP contribution is 2.27. The molecule has 0 saturated carbocycles. The van der Waals surface area contributed by atoms with E-state index in [1.807, 2.05) is 0 Å². The minimum Gasteiger partial charge on any atom is -0.0780 e. The Hall–Kier alpha value is -1.08. The van der Waals surface area contributed by atoms with Crippen LogP contribution in [0.15, 0.2) is 47.7 Å². The van der Waals surface area contributed by atoms with E-state index in [-0.39, 0.29) is 0 Å². The quantitative estimate of drug-likeness (QED) is 0.683. The molecule has 1 unspecified atom stereocenters. The number of aryl methyl sites for hydroxylation is 1. The smallest absolute Gasteiger partial charge is 0.0771 e. The van der Waals surface area contributed by atoms with Crippen molar-refractivity contribution in [3.63, 3.8) is 0 Å². The van der Waals surface area contributed by atoms with Gasteiger partial charge in [-0.15, -0.1) is 0 Å². The van der Waals surface area contributed by atoms with Gasteiger partial charge in [0.25, 0.3) is 0 Å². The van der Waals surface area contributed by atoms with Crippen LogP contribution in [0.3, 0.4) is 0 Å². The first-order valence-corrected chi connectivity index (χ1v) is 9.92. The average Bonchev–Trinajstić information content (AvgIpc) is 2.69. The van der Waals surface area contributed by atoms with Gasteiger partial charge in [-0.1, -0.05) is 67.3 Å². The summed E-state index contributed by atoms with van der Waals surface area (Å²) in [5.74, 6) is 0.609. The van der Waals surface area contributed by atoms with Crippen molar-refractivity contribution < 1.29 is 0 Å². The van der Waals surface area contributed by atoms with Crippen molar-refractivity contribution in [2.45, 2.75) is 33.0 Å². The Morgan fingerprint density at radius 2 is 1.82 bits per heavy atom. The summed E-state index contributed by atoms with van der Waals surface area (Å²) in [6, 6.07) is 8.72. The molecule has 1 aromatic rings. The number of rotatable bonds is 3. The number of benzene rings is 1. The fourth-order valence-corrected chi connectivity index (χ4v) is 3.60. The van der Waals surface area contributed by atoms with Crippen molar-refractivity contribution in [2.75, 3.05) is 0 Å². The molecule has 0 bridgehead atoms. The predicted octanol–water partition coefficient (Wildman–Crippen LogP) is 4.53. The van der Waals surface area contributed by atoms with Crippen LogP contribution in [0.1, 0.15) is 11.1 Å². The van der Waals surface area contributed by atoms with Gasteiger partial charge in [0.05, 0.1) is 8.07 Å². The highest BCUT2D eigenvalue weighted by atomic mass is 28.3. The Morgan fingerprint density at radius 1 is 1.12 bits per heavy atom. The lowest BCUT2D eigenvalue weighted by Gasteiger charge is -2.16. The molecule has 0 aliphatic heterocycles. The summed E-state index contributed by atoms with van der Waals surface area (Å²) in [5.41, 5.74) is 2.89. The molecule has 2 rings (SSSR count). The molecule has 1 aromatic carbocycles. The van der Waals surface area contributed by atoms with Crippen molar-refractivity contribution in [2.24, 2.45) is 5.92 Å². The molecule has 1 atom stereocenters. The van der Waals surface area contributed by atoms with Crippen molar-refractivity contribution in [3.8, 4) is 0 Å². The molecule has 17 heavy (non-hydrogen) atoms. The molecule has 0 spiro atoms. The van der Waals surface area contributed by atoms with E-state index in [1.54, 1.807) is 5.20 Å². The summed E-state index contributed by atoms with van der Waals surface area (Å²) < 4.78 is 0. The second-order valence-corrected chi connectivity index (χ2v) is 11.1. The Bertz CT molecular complexity index is 461. The van der Waals surface area contributed by atoms with Gasteiger partial charge in [0.1, 0.15) is 0 Å². The molecule has 0 fully saturated rings. The van der Waals surface area contributed by atoms with Crippen LogP contribution in [0.2, 0.25) is 19.6 Å². The van der Waals surface area contributed by atoms with Crippen molar-refractivity contribution in [3.05, 3.63) is 58.8 Å². The normalized spacial score (nSPS) is 19.5. The van der Waals surface area contributed by atoms with Gasteiger partial charge in [-0.05, 0) is 30.4 Å². The van der Waals surface area contributed by atoms with E-state index >= 15 is 0 Å². The lowest BCUT2D eigenvalue weighted by atomic mass is 9.97. The van der Waals surface area contributed by atoms with Crippen molar-refractivity contribution >= 4 is 8.07 Å². The predicted molar refractivity (Wildman–Crippen MR) is 78.9 cm³/mol. The van der Waals surface area contributed by atoms with Crippen LogP contribution in [0.25, 0.3) is 0 Å². The first-order valence-electron chi connectivity index (χ1n) is 6.42. The highest BCUT2D eigenvalue weighted by Gasteiger charge is 2.22. The molecule has 1 aliphatic carbocycles. The average molecular weight is 242 g/mol. The summed E-state index contributed by atoms with van der Waals surface area (Å²) in [6.45, 7) is 9.45. The van der Waals surface area contributed by atoms with E-state index in [9.17, 15) is 0 Å². The third kappa shape index (κ3) is 2.98. The first kappa shape index (κ1) is 12.4. The monoisotopic (exact) mass is 242 g/mol. The largest absolute Gasteiger partial charge is 0.0780 e. The fraction of sp³-hybridized carbons (Fsp3) is 0.375. The van der Waals surface area contributed by atoms with E-state index in [4.69, 9.17) is 0 Å². The van der Waals surface area contributed by atoms with Crippen LogP contribution in [-0.2, 0) is 6.42 Å². The molecule has 1 aliphatic rings. The van der Waals surface area contributed by atoms with Crippen LogP contribution >= 0.6 is 0 Å². The van der Waals surface area contributed by atoms with Crippen LogP contribution in [-0.4, -0.2) is 8.07 Å². The SMILES string of the molecule is Cc1ccccc1CC1C=CC([Si](C)(C)C)=C1. The molecular weight excluding hydrogens is 220 g/mol. The number of hydrogen-bond donors (Lipinski definition) is 0. The van der Waals surface area contributed by atoms with Crippen LogP contribution in [0, 0.1) is 12.8 Å². The molecule has 0 nitrogen and oxygen atoms in total. The zero-order valence-corrected chi connectivity index (χ0v) is 12.3. The minimum atomic E-state index is -1.12. The molecule has 90 valence electrons. The Balaban J connectivity index is 2.11. The Morgan fingerprint density at radius 3 is 2.41 bits per heavy atom. The number of hydrogen-bond acceptors (Lipinski definition) is 0. The summed E-state index contributed by atoms with van der Waals surface area (Å²) in [4.78, 5) is 0. The molecule has 0 radical (unpaired) electrons. The minimum absolute atomic E-state index is 0.609. The molecule has 0 aromatic heterocycles. The maximum Gasteiger partial charge on any atom is 0.0771 e. The molecule has 0 N–H and O–H groups in total. The second-order valence-electron chi connectivity index (χ2n) is 6.03. The summed E-state index contributed by atoms with van der Waals surface area (Å²) in [6.07, 6.45) is 8.37. The molecule has 0 saturated heterocycles. The molecular formula is C16H22Si. The lowest BCUT2D eigenvalue weighted by Crippen LogP contribution is -2.22. The van der Waals surface area contributed by atoms with Gasteiger partial charge < -0.3 is 0 Å². The van der Waals surface area contributed by atoms with Crippen LogP contribution < -0.4 is 0 Å². The van der Waals surface area contributed by atoms with Gasteiger partial charge >= 0.3 is 0 Å². The summed E-state index contributed by atoms with van der Waals surface area (Å²) in [7, 11) is -1.12. The Labute approximate surface area is 106 Å². The summed E-state index contributed by atoms with van der Waals surface area (Å²) >= 11 is 0. The van der Waals surface area contributed by atoms with Crippen LogP contribution in [0.4, 0.5) is 0 Å². The van der Waals surface area contributed by atoms with Gasteiger partial charge in [-0.3, -0.25) is 0 Å². The van der Waals surface area contributed by atoms with Gasteiger partial charge in [-0.25, -0.2) is 0 Å². The van der Waals surface area contributed by atoms with E-state index < -0.39 is 8.07 Å². The maximum atomic E-state index is 2.48. The summed E-state index contributed by atoms with van der Waals surface area (Å²) in [5, 5.41) is 1.61. The third-order valence-corrected chi connectivity index (χ3v) is 5.56. The van der Waals surface area contributed by atoms with Crippen LogP contribution in [0.5, 0.6) is 0 Å². The molecule has 0 amide bonds. The topological polar surface area (TPSA) is 0 Å². The van der Waals surface area contributed by atoms with Gasteiger partial charge in [-0.2, -0.15) is 0 Å². The zero-order chi connectivity index (χ0) is 12.5. The molecule has 1 heteroatoms. The van der Waals surface area contributed by atoms with Crippen molar-refractivity contribution in [1.29, 1.82) is 0 Å². The molecule has 0 heterocycles. The van der Waals surface area contributed by atoms with E-state index in [0.29, 0.717) is 5.92 Å². The van der Waals surface area contributed by atoms with E-state index in [1.165, 1.54) is 11.1 Å². The Kier molecular flexibility index (Phi) is 3.39. The van der Waals surface area contributed by atoms with Gasteiger partial charge in [0.15, 0.2) is 0 Å². The van der Waals surface area contributed by atoms with Gasteiger partial charge in [0, 0.05) is 0 Å². The highest BCUT2D eigenvalue weighted by molar-refractivity contribution is 6.83. The number of allylic oxidation sites excluding steroid dienone is 4. The fourth-order valence-electron chi connectivity index (χ4n) is 2.29. The van der Waals surface area contributed by atoms with Gasteiger partial charge in [0.2, 0.25) is 0 Å². The lowest BCUT2D eigenvalue weighted by molar-refractivity contribution is 0.810. The zero-order valence-electron chi connectivity index (χ0n) is 11.3. The van der Waals surface area contributed by atoms with E-state index in [0.717, 1.165) is 6.42 Å². The standard InChI is InChI=1S/C16H22Si/c1-13-7-5-6-8-15(13)11-14-9-10-16(12-14)17(2,3)4/h5-10,12,14H,11H2,1-4H3. The first-order chi connectivity index (χ1) is 7.97. The van der Waals surface area contributed by atoms with Crippen molar-refractivity contribution in [1.82, 2.24) is 0 Å².